The molecular formula is C13H26N2O. The molecular weight excluding hydrogens is 200 g/mol. The first kappa shape index (κ1) is 12.3. The smallest absolute Gasteiger partial charge is 0.0480 e. The van der Waals surface area contributed by atoms with Crippen LogP contribution < -0.4 is 5.32 Å². The van der Waals surface area contributed by atoms with Crippen molar-refractivity contribution < 1.29 is 4.74 Å². The van der Waals surface area contributed by atoms with Crippen LogP contribution in [0.3, 0.4) is 0 Å². The van der Waals surface area contributed by atoms with E-state index in [1.54, 1.807) is 0 Å². The molecule has 0 bridgehead atoms. The van der Waals surface area contributed by atoms with Gasteiger partial charge in [0.1, 0.15) is 0 Å². The zero-order valence-corrected chi connectivity index (χ0v) is 10.6. The summed E-state index contributed by atoms with van der Waals surface area (Å²) in [4.78, 5) is 2.58. The van der Waals surface area contributed by atoms with Crippen molar-refractivity contribution in [3.8, 4) is 0 Å². The van der Waals surface area contributed by atoms with Crippen LogP contribution in [0.1, 0.15) is 39.0 Å². The van der Waals surface area contributed by atoms with Gasteiger partial charge in [-0.25, -0.2) is 0 Å². The zero-order chi connectivity index (χ0) is 11.2. The molecule has 16 heavy (non-hydrogen) atoms. The summed E-state index contributed by atoms with van der Waals surface area (Å²) in [5.74, 6) is 0. The summed E-state index contributed by atoms with van der Waals surface area (Å²) < 4.78 is 5.40. The van der Waals surface area contributed by atoms with Crippen LogP contribution in [0, 0.1) is 0 Å². The lowest BCUT2D eigenvalue weighted by molar-refractivity contribution is 0.0742. The van der Waals surface area contributed by atoms with E-state index in [1.807, 2.05) is 0 Å². The Morgan fingerprint density at radius 1 is 1.06 bits per heavy atom. The van der Waals surface area contributed by atoms with Crippen molar-refractivity contribution in [3.05, 3.63) is 0 Å². The van der Waals surface area contributed by atoms with Crippen molar-refractivity contribution in [1.82, 2.24) is 10.2 Å². The quantitative estimate of drug-likeness (QED) is 0.791. The van der Waals surface area contributed by atoms with Gasteiger partial charge in [-0.1, -0.05) is 6.92 Å². The highest BCUT2D eigenvalue weighted by Crippen LogP contribution is 2.14. The maximum Gasteiger partial charge on any atom is 0.0480 e. The minimum absolute atomic E-state index is 0.715. The van der Waals surface area contributed by atoms with Crippen LogP contribution in [0.4, 0.5) is 0 Å². The van der Waals surface area contributed by atoms with Gasteiger partial charge in [-0.3, -0.25) is 0 Å². The van der Waals surface area contributed by atoms with Gasteiger partial charge in [-0.2, -0.15) is 0 Å². The third-order valence-electron chi connectivity index (χ3n) is 3.96. The van der Waals surface area contributed by atoms with E-state index in [4.69, 9.17) is 4.74 Å². The molecule has 1 unspecified atom stereocenters. The molecule has 0 aliphatic carbocycles. The number of hydrogen-bond donors (Lipinski definition) is 1. The van der Waals surface area contributed by atoms with Crippen molar-refractivity contribution in [2.24, 2.45) is 0 Å². The first-order chi connectivity index (χ1) is 7.88. The summed E-state index contributed by atoms with van der Waals surface area (Å²) in [7, 11) is 0. The van der Waals surface area contributed by atoms with E-state index in [2.05, 4.69) is 17.1 Å². The topological polar surface area (TPSA) is 24.5 Å². The Morgan fingerprint density at radius 2 is 1.81 bits per heavy atom. The van der Waals surface area contributed by atoms with Gasteiger partial charge < -0.3 is 15.0 Å². The second-order valence-electron chi connectivity index (χ2n) is 5.12. The average molecular weight is 226 g/mol. The summed E-state index contributed by atoms with van der Waals surface area (Å²) in [5, 5.41) is 3.84. The highest BCUT2D eigenvalue weighted by atomic mass is 16.5. The molecule has 2 fully saturated rings. The summed E-state index contributed by atoms with van der Waals surface area (Å²) in [6, 6.07) is 1.46. The van der Waals surface area contributed by atoms with Gasteiger partial charge >= 0.3 is 0 Å². The van der Waals surface area contributed by atoms with E-state index >= 15 is 0 Å². The van der Waals surface area contributed by atoms with Gasteiger partial charge in [-0.05, 0) is 51.7 Å². The van der Waals surface area contributed by atoms with Crippen LogP contribution >= 0.6 is 0 Å². The Morgan fingerprint density at radius 3 is 2.56 bits per heavy atom. The van der Waals surface area contributed by atoms with E-state index in [-0.39, 0.29) is 0 Å². The molecule has 2 aliphatic heterocycles. The highest BCUT2D eigenvalue weighted by Gasteiger charge is 2.20. The van der Waals surface area contributed by atoms with Gasteiger partial charge in [0.05, 0.1) is 0 Å². The molecule has 0 aromatic heterocycles. The third kappa shape index (κ3) is 3.72. The largest absolute Gasteiger partial charge is 0.381 e. The SMILES string of the molecule is CCN1CCCC(NC2CCOCC2)CC1. The molecule has 2 aliphatic rings. The number of nitrogens with zero attached hydrogens (tertiary/aromatic N) is 1. The van der Waals surface area contributed by atoms with Crippen molar-refractivity contribution in [2.75, 3.05) is 32.8 Å². The number of rotatable bonds is 3. The molecule has 0 saturated carbocycles. The van der Waals surface area contributed by atoms with E-state index < -0.39 is 0 Å². The molecule has 1 N–H and O–H groups in total. The first-order valence-corrected chi connectivity index (χ1v) is 6.94. The fourth-order valence-electron chi connectivity index (χ4n) is 2.84. The molecule has 0 amide bonds. The van der Waals surface area contributed by atoms with Gasteiger partial charge in [-0.15, -0.1) is 0 Å². The second kappa shape index (κ2) is 6.58. The van der Waals surface area contributed by atoms with Crippen LogP contribution in [-0.2, 0) is 4.74 Å². The molecule has 3 nitrogen and oxygen atoms in total. The summed E-state index contributed by atoms with van der Waals surface area (Å²) >= 11 is 0. The third-order valence-corrected chi connectivity index (χ3v) is 3.96. The van der Waals surface area contributed by atoms with Gasteiger partial charge in [0, 0.05) is 25.3 Å². The number of nitrogens with one attached hydrogen (secondary N) is 1. The highest BCUT2D eigenvalue weighted by molar-refractivity contribution is 4.79. The molecule has 0 spiro atoms. The molecule has 0 radical (unpaired) electrons. The normalized spacial score (nSPS) is 30.2. The van der Waals surface area contributed by atoms with Crippen molar-refractivity contribution in [1.29, 1.82) is 0 Å². The Kier molecular flexibility index (Phi) is 5.07. The van der Waals surface area contributed by atoms with Crippen molar-refractivity contribution in [2.45, 2.75) is 51.1 Å². The van der Waals surface area contributed by atoms with Crippen LogP contribution in [-0.4, -0.2) is 49.8 Å². The Labute approximate surface area is 99.5 Å². The van der Waals surface area contributed by atoms with Crippen molar-refractivity contribution in [3.63, 3.8) is 0 Å². The van der Waals surface area contributed by atoms with Gasteiger partial charge in [0.2, 0.25) is 0 Å². The number of likely N-dealkylation sites (tertiary alicyclic amines) is 1. The molecule has 2 heterocycles. The van der Waals surface area contributed by atoms with E-state index in [0.29, 0.717) is 6.04 Å². The van der Waals surface area contributed by atoms with Crippen LogP contribution in [0.2, 0.25) is 0 Å². The lowest BCUT2D eigenvalue weighted by Crippen LogP contribution is -2.42. The molecule has 94 valence electrons. The van der Waals surface area contributed by atoms with E-state index in [1.165, 1.54) is 51.7 Å². The Balaban J connectivity index is 1.72. The summed E-state index contributed by atoms with van der Waals surface area (Å²) in [6.07, 6.45) is 6.44. The lowest BCUT2D eigenvalue weighted by Gasteiger charge is -2.28. The molecule has 2 rings (SSSR count). The minimum Gasteiger partial charge on any atom is -0.381 e. The molecule has 1 atom stereocenters. The summed E-state index contributed by atoms with van der Waals surface area (Å²) in [5.41, 5.74) is 0. The fraction of sp³-hybridized carbons (Fsp3) is 1.00. The van der Waals surface area contributed by atoms with E-state index in [0.717, 1.165) is 19.3 Å². The van der Waals surface area contributed by atoms with Crippen molar-refractivity contribution >= 4 is 0 Å². The zero-order valence-electron chi connectivity index (χ0n) is 10.6. The Hall–Kier alpha value is -0.120. The second-order valence-corrected chi connectivity index (χ2v) is 5.12. The fourth-order valence-corrected chi connectivity index (χ4v) is 2.84. The average Bonchev–Trinajstić information content (AvgIpc) is 2.56. The summed E-state index contributed by atoms with van der Waals surface area (Å²) in [6.45, 7) is 7.95. The van der Waals surface area contributed by atoms with E-state index in [9.17, 15) is 0 Å². The van der Waals surface area contributed by atoms with Crippen LogP contribution in [0.5, 0.6) is 0 Å². The standard InChI is InChI=1S/C13H26N2O/c1-2-15-8-3-4-12(5-9-15)14-13-6-10-16-11-7-13/h12-14H,2-11H2,1H3. The molecule has 3 heteroatoms. The monoisotopic (exact) mass is 226 g/mol. The molecule has 2 saturated heterocycles. The lowest BCUT2D eigenvalue weighted by atomic mass is 10.0. The van der Waals surface area contributed by atoms with Crippen LogP contribution in [0.15, 0.2) is 0 Å². The maximum atomic E-state index is 5.40. The molecule has 0 aromatic rings. The molecule has 0 aromatic carbocycles. The Bertz CT molecular complexity index is 192. The van der Waals surface area contributed by atoms with Gasteiger partial charge in [0.25, 0.3) is 0 Å². The minimum atomic E-state index is 0.715. The predicted molar refractivity (Wildman–Crippen MR) is 66.7 cm³/mol. The van der Waals surface area contributed by atoms with Crippen LogP contribution in [0.25, 0.3) is 0 Å². The maximum absolute atomic E-state index is 5.40. The number of hydrogen-bond acceptors (Lipinski definition) is 3. The first-order valence-electron chi connectivity index (χ1n) is 6.94. The predicted octanol–water partition coefficient (Wildman–Crippen LogP) is 1.63. The van der Waals surface area contributed by atoms with Gasteiger partial charge in [0.15, 0.2) is 0 Å². The number of ether oxygens (including phenoxy) is 1.